The van der Waals surface area contributed by atoms with E-state index < -0.39 is 6.29 Å². The fraction of sp³-hybridized carbons (Fsp3) is 0.458. The topological polar surface area (TPSA) is 86.8 Å². The molecule has 0 spiro atoms. The lowest BCUT2D eigenvalue weighted by Gasteiger charge is -2.27. The van der Waals surface area contributed by atoms with Gasteiger partial charge in [-0.15, -0.1) is 0 Å². The second-order valence-corrected chi connectivity index (χ2v) is 8.08. The maximum atomic E-state index is 10.6. The van der Waals surface area contributed by atoms with Crippen LogP contribution in [0.1, 0.15) is 40.5 Å². The van der Waals surface area contributed by atoms with Crippen LogP contribution in [0.5, 0.6) is 0 Å². The van der Waals surface area contributed by atoms with Crippen LogP contribution in [0, 0.1) is 5.92 Å². The van der Waals surface area contributed by atoms with E-state index in [4.69, 9.17) is 19.3 Å². The summed E-state index contributed by atoms with van der Waals surface area (Å²) >= 11 is 0. The molecule has 174 valence electrons. The summed E-state index contributed by atoms with van der Waals surface area (Å²) in [6, 6.07) is 0. The average Bonchev–Trinajstić information content (AvgIpc) is 3.38. The third kappa shape index (κ3) is 5.83. The van der Waals surface area contributed by atoms with Crippen LogP contribution >= 0.6 is 0 Å². The molecule has 0 aliphatic carbocycles. The van der Waals surface area contributed by atoms with E-state index in [1.54, 1.807) is 12.0 Å². The largest absolute Gasteiger partial charge is 0.505 e. The van der Waals surface area contributed by atoms with Crippen molar-refractivity contribution in [1.29, 1.82) is 0 Å². The first-order valence-electron chi connectivity index (χ1n) is 10.8. The molecule has 0 saturated carbocycles. The van der Waals surface area contributed by atoms with E-state index in [1.807, 2.05) is 24.9 Å². The molecule has 0 aromatic rings. The van der Waals surface area contributed by atoms with Crippen LogP contribution in [0.4, 0.5) is 0 Å². The number of rotatable bonds is 11. The van der Waals surface area contributed by atoms with E-state index >= 15 is 0 Å². The molecule has 3 aliphatic heterocycles. The molecule has 2 atom stereocenters. The molecular weight excluding hydrogens is 410 g/mol. The molecule has 32 heavy (non-hydrogen) atoms. The molecule has 3 heterocycles. The number of fused-ring (bicyclic) bond motifs is 1. The maximum Gasteiger partial charge on any atom is 0.230 e. The quantitative estimate of drug-likeness (QED) is 0.162. The minimum Gasteiger partial charge on any atom is -0.505 e. The third-order valence-electron chi connectivity index (χ3n) is 5.35. The molecule has 0 aromatic carbocycles. The summed E-state index contributed by atoms with van der Waals surface area (Å²) in [6.07, 6.45) is 9.85. The Morgan fingerprint density at radius 2 is 2.22 bits per heavy atom. The lowest BCUT2D eigenvalue weighted by atomic mass is 10.0. The molecular formula is C24H33N3O5. The van der Waals surface area contributed by atoms with Crippen LogP contribution in [0.15, 0.2) is 76.3 Å². The van der Waals surface area contributed by atoms with Gasteiger partial charge in [0.15, 0.2) is 12.0 Å². The Balaban J connectivity index is 1.56. The van der Waals surface area contributed by atoms with Crippen molar-refractivity contribution in [2.75, 3.05) is 19.9 Å². The monoisotopic (exact) mass is 443 g/mol. The molecule has 0 amide bonds. The zero-order valence-electron chi connectivity index (χ0n) is 19.2. The van der Waals surface area contributed by atoms with Crippen molar-refractivity contribution >= 4 is 5.71 Å². The van der Waals surface area contributed by atoms with Gasteiger partial charge in [0.2, 0.25) is 6.79 Å². The van der Waals surface area contributed by atoms with Gasteiger partial charge in [-0.05, 0) is 45.1 Å². The number of nitrogens with zero attached hydrogens (tertiary/aromatic N) is 3. The second kappa shape index (κ2) is 10.6. The van der Waals surface area contributed by atoms with Gasteiger partial charge in [-0.1, -0.05) is 31.7 Å². The predicted molar refractivity (Wildman–Crippen MR) is 123 cm³/mol. The summed E-state index contributed by atoms with van der Waals surface area (Å²) in [5.41, 5.74) is 4.52. The van der Waals surface area contributed by atoms with E-state index in [0.29, 0.717) is 29.6 Å². The van der Waals surface area contributed by atoms with Crippen LogP contribution in [-0.2, 0) is 14.2 Å². The third-order valence-corrected chi connectivity index (χ3v) is 5.35. The van der Waals surface area contributed by atoms with E-state index in [2.05, 4.69) is 25.7 Å². The van der Waals surface area contributed by atoms with Gasteiger partial charge in [0.25, 0.3) is 0 Å². The SMILES string of the molecule is C=C(C)C(O)OCCC(C)/C=C\CC1=C2CN2N(C(=C/C)/C(O)=C\C2=COCO2)N=C1C. The van der Waals surface area contributed by atoms with Gasteiger partial charge in [-0.25, -0.2) is 0 Å². The van der Waals surface area contributed by atoms with Gasteiger partial charge in [-0.3, -0.25) is 5.01 Å². The van der Waals surface area contributed by atoms with Crippen LogP contribution in [-0.4, -0.2) is 52.3 Å². The Morgan fingerprint density at radius 3 is 2.88 bits per heavy atom. The van der Waals surface area contributed by atoms with Gasteiger partial charge in [0, 0.05) is 11.6 Å². The molecule has 0 aromatic heterocycles. The van der Waals surface area contributed by atoms with E-state index in [-0.39, 0.29) is 12.6 Å². The number of ether oxygens (including phenoxy) is 3. The van der Waals surface area contributed by atoms with Gasteiger partial charge in [-0.2, -0.15) is 10.2 Å². The summed E-state index contributed by atoms with van der Waals surface area (Å²) < 4.78 is 15.6. The van der Waals surface area contributed by atoms with Crippen LogP contribution in [0.2, 0.25) is 0 Å². The van der Waals surface area contributed by atoms with Crippen LogP contribution < -0.4 is 0 Å². The molecule has 0 radical (unpaired) electrons. The van der Waals surface area contributed by atoms with E-state index in [9.17, 15) is 10.2 Å². The van der Waals surface area contributed by atoms with E-state index in [1.165, 1.54) is 23.6 Å². The molecule has 1 fully saturated rings. The summed E-state index contributed by atoms with van der Waals surface area (Å²) in [5.74, 6) is 0.863. The Bertz CT molecular complexity index is 913. The Morgan fingerprint density at radius 1 is 1.44 bits per heavy atom. The molecule has 1 saturated heterocycles. The molecule has 8 nitrogen and oxygen atoms in total. The first kappa shape index (κ1) is 23.7. The Labute approximate surface area is 189 Å². The fourth-order valence-corrected chi connectivity index (χ4v) is 3.38. The minimum atomic E-state index is -0.893. The number of hydrazine groups is 1. The smallest absolute Gasteiger partial charge is 0.230 e. The van der Waals surface area contributed by atoms with Crippen molar-refractivity contribution in [3.8, 4) is 0 Å². The highest BCUT2D eigenvalue weighted by atomic mass is 16.7. The highest BCUT2D eigenvalue weighted by molar-refractivity contribution is 6.00. The molecule has 0 bridgehead atoms. The second-order valence-electron chi connectivity index (χ2n) is 8.08. The maximum absolute atomic E-state index is 10.6. The van der Waals surface area contributed by atoms with Crippen molar-refractivity contribution in [2.45, 2.75) is 46.8 Å². The molecule has 3 aliphatic rings. The lowest BCUT2D eigenvalue weighted by Crippen LogP contribution is -2.28. The number of hydrazone groups is 1. The highest BCUT2D eigenvalue weighted by Gasteiger charge is 2.40. The lowest BCUT2D eigenvalue weighted by molar-refractivity contribution is -0.0739. The standard InChI is InChI=1S/C24H33N3O5/c1-6-21(23(28)12-19-14-30-15-32-19)27-25-18(5)20(22-13-26(22)27)9-7-8-17(4)10-11-31-24(29)16(2)3/h6-8,12,14,17,24,28-29H,2,9-11,13,15H2,1,3-5H3/b8-7-,21-6+,23-12+. The van der Waals surface area contributed by atoms with Gasteiger partial charge in [0.05, 0.1) is 24.6 Å². The summed E-state index contributed by atoms with van der Waals surface area (Å²) in [7, 11) is 0. The summed E-state index contributed by atoms with van der Waals surface area (Å²) in [6.45, 7) is 12.8. The van der Waals surface area contributed by atoms with Gasteiger partial charge >= 0.3 is 0 Å². The minimum absolute atomic E-state index is 0.0585. The fourth-order valence-electron chi connectivity index (χ4n) is 3.38. The van der Waals surface area contributed by atoms with Gasteiger partial charge in [0.1, 0.15) is 17.7 Å². The predicted octanol–water partition coefficient (Wildman–Crippen LogP) is 4.24. The normalized spacial score (nSPS) is 20.5. The number of allylic oxidation sites excluding steroid dienone is 5. The number of aliphatic hydroxyl groups excluding tert-OH is 2. The summed E-state index contributed by atoms with van der Waals surface area (Å²) in [5, 5.41) is 28.7. The van der Waals surface area contributed by atoms with Crippen molar-refractivity contribution in [3.63, 3.8) is 0 Å². The highest BCUT2D eigenvalue weighted by Crippen LogP contribution is 2.38. The Kier molecular flexibility index (Phi) is 7.82. The van der Waals surface area contributed by atoms with Crippen molar-refractivity contribution in [2.24, 2.45) is 11.0 Å². The molecule has 2 unspecified atom stereocenters. The zero-order valence-corrected chi connectivity index (χ0v) is 19.2. The molecule has 2 N–H and O–H groups in total. The number of hydrogen-bond acceptors (Lipinski definition) is 8. The van der Waals surface area contributed by atoms with Crippen LogP contribution in [0.25, 0.3) is 0 Å². The van der Waals surface area contributed by atoms with Gasteiger partial charge < -0.3 is 24.4 Å². The van der Waals surface area contributed by atoms with Crippen molar-refractivity contribution < 1.29 is 24.4 Å². The van der Waals surface area contributed by atoms with Crippen molar-refractivity contribution in [1.82, 2.24) is 10.1 Å². The van der Waals surface area contributed by atoms with Crippen molar-refractivity contribution in [3.05, 3.63) is 71.2 Å². The first-order valence-corrected chi connectivity index (χ1v) is 10.8. The number of aliphatic hydroxyl groups is 2. The molecule has 8 heteroatoms. The number of hydrogen-bond donors (Lipinski definition) is 2. The van der Waals surface area contributed by atoms with Crippen LogP contribution in [0.3, 0.4) is 0 Å². The average molecular weight is 444 g/mol. The zero-order chi connectivity index (χ0) is 23.3. The van der Waals surface area contributed by atoms with E-state index in [0.717, 1.165) is 25.1 Å². The Hall–Kier alpha value is -2.97. The molecule has 3 rings (SSSR count). The first-order chi connectivity index (χ1) is 15.3. The summed E-state index contributed by atoms with van der Waals surface area (Å²) in [4.78, 5) is 0.